The van der Waals surface area contributed by atoms with Crippen molar-refractivity contribution in [2.75, 3.05) is 26.3 Å². The number of nitrogens with zero attached hydrogens (tertiary/aromatic N) is 2. The van der Waals surface area contributed by atoms with Gasteiger partial charge in [0.25, 0.3) is 0 Å². The molecule has 1 aliphatic heterocycles. The Balaban J connectivity index is 1.49. The lowest BCUT2D eigenvalue weighted by Crippen LogP contribution is -2.51. The summed E-state index contributed by atoms with van der Waals surface area (Å²) in [7, 11) is 0. The average molecular weight is 280 g/mol. The van der Waals surface area contributed by atoms with Gasteiger partial charge < -0.3 is 14.1 Å². The average Bonchev–Trinajstić information content (AvgIpc) is 3.22. The maximum Gasteiger partial charge on any atom is 0.336 e. The van der Waals surface area contributed by atoms with Gasteiger partial charge in [-0.1, -0.05) is 0 Å². The number of carbonyl (C=O) groups excluding carboxylic acids is 2. The first-order valence-corrected chi connectivity index (χ1v) is 6.63. The van der Waals surface area contributed by atoms with Crippen molar-refractivity contribution in [3.8, 4) is 0 Å². The molecule has 2 fully saturated rings. The van der Waals surface area contributed by atoms with Crippen molar-refractivity contribution in [3.63, 3.8) is 0 Å². The van der Waals surface area contributed by atoms with Crippen LogP contribution in [0.1, 0.15) is 35.2 Å². The van der Waals surface area contributed by atoms with Crippen molar-refractivity contribution >= 4 is 11.9 Å². The molecular weight excluding hydrogens is 264 g/mol. The molecule has 0 aromatic carbocycles. The lowest BCUT2D eigenvalue weighted by atomic mass is 10.4. The Morgan fingerprint density at radius 1 is 1.25 bits per heavy atom. The van der Waals surface area contributed by atoms with Gasteiger partial charge in [-0.2, -0.15) is 0 Å². The zero-order valence-electron chi connectivity index (χ0n) is 10.9. The molecule has 2 heterocycles. The van der Waals surface area contributed by atoms with Gasteiger partial charge in [-0.3, -0.25) is 10.2 Å². The maximum atomic E-state index is 11.8. The minimum atomic E-state index is -0.508. The van der Waals surface area contributed by atoms with E-state index in [0.717, 1.165) is 12.8 Å². The smallest absolute Gasteiger partial charge is 0.336 e. The van der Waals surface area contributed by atoms with Crippen LogP contribution in [0.15, 0.2) is 10.6 Å². The van der Waals surface area contributed by atoms with E-state index in [1.165, 1.54) is 6.20 Å². The number of urea groups is 1. The second-order valence-corrected chi connectivity index (χ2v) is 4.82. The van der Waals surface area contributed by atoms with E-state index >= 15 is 0 Å². The molecule has 1 saturated heterocycles. The summed E-state index contributed by atoms with van der Waals surface area (Å²) in [5, 5.41) is 0. The van der Waals surface area contributed by atoms with E-state index in [9.17, 15) is 9.59 Å². The first kappa shape index (κ1) is 12.9. The number of oxazole rings is 1. The largest absolute Gasteiger partial charge is 0.435 e. The van der Waals surface area contributed by atoms with E-state index in [0.29, 0.717) is 38.1 Å². The highest BCUT2D eigenvalue weighted by atomic mass is 16.5. The summed E-state index contributed by atoms with van der Waals surface area (Å²) >= 11 is 0. The number of morpholine rings is 1. The lowest BCUT2D eigenvalue weighted by molar-refractivity contribution is 0.0518. The van der Waals surface area contributed by atoms with Crippen molar-refractivity contribution in [2.24, 2.45) is 0 Å². The summed E-state index contributed by atoms with van der Waals surface area (Å²) in [6, 6.07) is -0.358. The molecule has 3 amide bonds. The number of ether oxygens (including phenoxy) is 1. The second kappa shape index (κ2) is 5.49. The zero-order chi connectivity index (χ0) is 13.9. The fourth-order valence-electron chi connectivity index (χ4n) is 1.93. The molecule has 0 bridgehead atoms. The van der Waals surface area contributed by atoms with Crippen LogP contribution in [0.25, 0.3) is 0 Å². The third kappa shape index (κ3) is 2.90. The van der Waals surface area contributed by atoms with Gasteiger partial charge in [0.15, 0.2) is 5.89 Å². The highest BCUT2D eigenvalue weighted by Gasteiger charge is 2.29. The van der Waals surface area contributed by atoms with Gasteiger partial charge in [0, 0.05) is 19.0 Å². The molecule has 2 aliphatic rings. The number of amides is 3. The van der Waals surface area contributed by atoms with E-state index in [4.69, 9.17) is 9.15 Å². The van der Waals surface area contributed by atoms with Crippen LogP contribution < -0.4 is 10.9 Å². The Hall–Kier alpha value is -2.09. The molecule has 1 saturated carbocycles. The molecule has 0 unspecified atom stereocenters. The number of hydrazine groups is 1. The van der Waals surface area contributed by atoms with Crippen LogP contribution in [-0.4, -0.2) is 48.1 Å². The van der Waals surface area contributed by atoms with Crippen LogP contribution in [0.2, 0.25) is 0 Å². The molecule has 8 heteroatoms. The van der Waals surface area contributed by atoms with Crippen molar-refractivity contribution in [2.45, 2.75) is 18.8 Å². The second-order valence-electron chi connectivity index (χ2n) is 4.82. The topological polar surface area (TPSA) is 96.7 Å². The van der Waals surface area contributed by atoms with Crippen LogP contribution in [0.3, 0.4) is 0 Å². The van der Waals surface area contributed by atoms with Gasteiger partial charge >= 0.3 is 11.9 Å². The van der Waals surface area contributed by atoms with E-state index in [1.807, 2.05) is 0 Å². The molecule has 1 aromatic heterocycles. The predicted molar refractivity (Wildman–Crippen MR) is 66.9 cm³/mol. The van der Waals surface area contributed by atoms with Crippen molar-refractivity contribution in [3.05, 3.63) is 17.8 Å². The fourth-order valence-corrected chi connectivity index (χ4v) is 1.93. The molecule has 0 atom stereocenters. The third-order valence-electron chi connectivity index (χ3n) is 3.26. The molecule has 108 valence electrons. The Morgan fingerprint density at radius 2 is 2.00 bits per heavy atom. The lowest BCUT2D eigenvalue weighted by Gasteiger charge is -2.26. The SMILES string of the molecule is O=C(NNC(=O)N1CCOCC1)c1cnc(C2CC2)o1. The minimum absolute atomic E-state index is 0.106. The highest BCUT2D eigenvalue weighted by Crippen LogP contribution is 2.39. The fraction of sp³-hybridized carbons (Fsp3) is 0.583. The predicted octanol–water partition coefficient (Wildman–Crippen LogP) is 0.239. The quantitative estimate of drug-likeness (QED) is 0.756. The first-order valence-electron chi connectivity index (χ1n) is 6.63. The van der Waals surface area contributed by atoms with Gasteiger partial charge in [-0.25, -0.2) is 15.2 Å². The number of aromatic nitrogens is 1. The zero-order valence-corrected chi connectivity index (χ0v) is 10.9. The summed E-state index contributed by atoms with van der Waals surface area (Å²) in [5.41, 5.74) is 4.66. The van der Waals surface area contributed by atoms with E-state index in [1.54, 1.807) is 4.90 Å². The number of nitrogens with one attached hydrogen (secondary N) is 2. The first-order chi connectivity index (χ1) is 9.74. The van der Waals surface area contributed by atoms with Gasteiger partial charge in [0.05, 0.1) is 19.4 Å². The maximum absolute atomic E-state index is 11.8. The molecule has 1 aliphatic carbocycles. The highest BCUT2D eigenvalue weighted by molar-refractivity contribution is 5.92. The summed E-state index contributed by atoms with van der Waals surface area (Å²) < 4.78 is 10.5. The number of hydrogen-bond donors (Lipinski definition) is 2. The summed E-state index contributed by atoms with van der Waals surface area (Å²) in [5.74, 6) is 0.536. The number of rotatable bonds is 2. The standard InChI is InChI=1S/C12H16N4O4/c17-10(9-7-13-11(20-9)8-1-2-8)14-15-12(18)16-3-5-19-6-4-16/h7-8H,1-6H2,(H,14,17)(H,15,18). The van der Waals surface area contributed by atoms with Gasteiger partial charge in [0.2, 0.25) is 5.76 Å². The Morgan fingerprint density at radius 3 is 2.70 bits per heavy atom. The molecule has 8 nitrogen and oxygen atoms in total. The van der Waals surface area contributed by atoms with Gasteiger partial charge in [-0.05, 0) is 12.8 Å². The van der Waals surface area contributed by atoms with Crippen LogP contribution in [0, 0.1) is 0 Å². The van der Waals surface area contributed by atoms with Crippen LogP contribution in [-0.2, 0) is 4.74 Å². The summed E-state index contributed by atoms with van der Waals surface area (Å²) in [6.45, 7) is 2.04. The molecule has 3 rings (SSSR count). The number of carbonyl (C=O) groups is 2. The normalized spacial score (nSPS) is 18.7. The van der Waals surface area contributed by atoms with E-state index < -0.39 is 5.91 Å². The van der Waals surface area contributed by atoms with Crippen molar-refractivity contribution in [1.29, 1.82) is 0 Å². The van der Waals surface area contributed by atoms with Gasteiger partial charge in [0.1, 0.15) is 0 Å². The molecule has 20 heavy (non-hydrogen) atoms. The Labute approximate surface area is 115 Å². The van der Waals surface area contributed by atoms with Crippen LogP contribution >= 0.6 is 0 Å². The molecule has 0 radical (unpaired) electrons. The monoisotopic (exact) mass is 280 g/mol. The molecular formula is C12H16N4O4. The molecule has 1 aromatic rings. The Bertz CT molecular complexity index is 505. The van der Waals surface area contributed by atoms with Crippen LogP contribution in [0.5, 0.6) is 0 Å². The Kier molecular flexibility index (Phi) is 3.55. The summed E-state index contributed by atoms with van der Waals surface area (Å²) in [4.78, 5) is 29.2. The van der Waals surface area contributed by atoms with E-state index in [-0.39, 0.29) is 11.8 Å². The van der Waals surface area contributed by atoms with Crippen molar-refractivity contribution < 1.29 is 18.7 Å². The molecule has 0 spiro atoms. The van der Waals surface area contributed by atoms with Gasteiger partial charge in [-0.15, -0.1) is 0 Å². The van der Waals surface area contributed by atoms with Crippen molar-refractivity contribution in [1.82, 2.24) is 20.7 Å². The molecule has 2 N–H and O–H groups in total. The van der Waals surface area contributed by atoms with Crippen LogP contribution in [0.4, 0.5) is 4.79 Å². The van der Waals surface area contributed by atoms with E-state index in [2.05, 4.69) is 15.8 Å². The minimum Gasteiger partial charge on any atom is -0.435 e. The third-order valence-corrected chi connectivity index (χ3v) is 3.26. The number of hydrogen-bond acceptors (Lipinski definition) is 5. The summed E-state index contributed by atoms with van der Waals surface area (Å²) in [6.07, 6.45) is 3.48.